The van der Waals surface area contributed by atoms with E-state index in [1.54, 1.807) is 6.21 Å². The molecule has 4 heteroatoms. The monoisotopic (exact) mass is 169 g/mol. The summed E-state index contributed by atoms with van der Waals surface area (Å²) in [7, 11) is 0. The summed E-state index contributed by atoms with van der Waals surface area (Å²) >= 11 is 0. The van der Waals surface area contributed by atoms with Crippen molar-refractivity contribution in [3.05, 3.63) is 11.6 Å². The molecule has 0 aromatic heterocycles. The molecule has 0 heterocycles. The number of nitrogens with zero attached hydrogens (tertiary/aromatic N) is 1. The van der Waals surface area contributed by atoms with Crippen LogP contribution < -0.4 is 11.2 Å². The van der Waals surface area contributed by atoms with Crippen molar-refractivity contribution in [1.29, 1.82) is 0 Å². The van der Waals surface area contributed by atoms with Crippen LogP contribution in [-0.2, 0) is 0 Å². The molecule has 4 nitrogen and oxygen atoms in total. The van der Waals surface area contributed by atoms with Gasteiger partial charge < -0.3 is 5.73 Å². The number of primary amides is 1. The Morgan fingerprint density at radius 2 is 2.25 bits per heavy atom. The van der Waals surface area contributed by atoms with E-state index in [0.29, 0.717) is 0 Å². The zero-order valence-corrected chi connectivity index (χ0v) is 7.50. The second-order valence-electron chi connectivity index (χ2n) is 2.28. The predicted octanol–water partition coefficient (Wildman–Crippen LogP) is 1.39. The molecule has 0 rings (SSSR count). The molecule has 0 aliphatic heterocycles. The fourth-order valence-corrected chi connectivity index (χ4v) is 0.729. The molecular formula is C8H15N3O. The zero-order valence-electron chi connectivity index (χ0n) is 7.50. The van der Waals surface area contributed by atoms with Gasteiger partial charge in [-0.15, -0.1) is 0 Å². The molecule has 68 valence electrons. The van der Waals surface area contributed by atoms with Crippen molar-refractivity contribution in [3.63, 3.8) is 0 Å². The molecule has 0 saturated heterocycles. The molecule has 12 heavy (non-hydrogen) atoms. The molecule has 0 aromatic carbocycles. The average molecular weight is 169 g/mol. The third-order valence-electron chi connectivity index (χ3n) is 1.28. The minimum Gasteiger partial charge on any atom is -0.350 e. The van der Waals surface area contributed by atoms with Crippen LogP contribution in [0.25, 0.3) is 0 Å². The standard InChI is InChI=1S/C8H15N3O/c1-3-5-7(4-2)6-10-11-8(9)12/h5-6H,3-4H2,1-2H3,(H3,9,11,12)/b7-5+,10-6+. The van der Waals surface area contributed by atoms with E-state index in [2.05, 4.69) is 10.5 Å². The van der Waals surface area contributed by atoms with Crippen LogP contribution in [-0.4, -0.2) is 12.2 Å². The van der Waals surface area contributed by atoms with E-state index in [0.717, 1.165) is 18.4 Å². The van der Waals surface area contributed by atoms with Crippen molar-refractivity contribution >= 4 is 12.2 Å². The van der Waals surface area contributed by atoms with E-state index in [1.807, 2.05) is 19.9 Å². The van der Waals surface area contributed by atoms with Gasteiger partial charge in [0, 0.05) is 0 Å². The Bertz CT molecular complexity index is 196. The van der Waals surface area contributed by atoms with E-state index in [9.17, 15) is 4.79 Å². The maximum absolute atomic E-state index is 10.2. The number of rotatable bonds is 4. The number of nitrogens with two attached hydrogens (primary N) is 1. The molecule has 0 bridgehead atoms. The number of nitrogens with one attached hydrogen (secondary N) is 1. The summed E-state index contributed by atoms with van der Waals surface area (Å²) in [6, 6.07) is -0.641. The molecule has 0 saturated carbocycles. The van der Waals surface area contributed by atoms with Gasteiger partial charge in [0.05, 0.1) is 6.21 Å². The maximum atomic E-state index is 10.2. The van der Waals surface area contributed by atoms with E-state index in [4.69, 9.17) is 5.73 Å². The highest BCUT2D eigenvalue weighted by Crippen LogP contribution is 1.97. The van der Waals surface area contributed by atoms with Crippen molar-refractivity contribution in [1.82, 2.24) is 5.43 Å². The first-order valence-corrected chi connectivity index (χ1v) is 3.98. The van der Waals surface area contributed by atoms with Crippen LogP contribution in [0, 0.1) is 0 Å². The number of hydrazone groups is 1. The Morgan fingerprint density at radius 1 is 1.58 bits per heavy atom. The van der Waals surface area contributed by atoms with E-state index >= 15 is 0 Å². The average Bonchev–Trinajstić information content (AvgIpc) is 2.02. The second kappa shape index (κ2) is 6.39. The number of hydrogen-bond donors (Lipinski definition) is 2. The van der Waals surface area contributed by atoms with E-state index < -0.39 is 6.03 Å². The largest absolute Gasteiger partial charge is 0.350 e. The van der Waals surface area contributed by atoms with Crippen LogP contribution in [0.15, 0.2) is 16.8 Å². The summed E-state index contributed by atoms with van der Waals surface area (Å²) in [5, 5.41) is 3.64. The minimum atomic E-state index is -0.641. The molecule has 0 aliphatic carbocycles. The lowest BCUT2D eigenvalue weighted by atomic mass is 10.2. The third-order valence-corrected chi connectivity index (χ3v) is 1.28. The molecule has 2 amide bonds. The molecule has 0 atom stereocenters. The fraction of sp³-hybridized carbons (Fsp3) is 0.500. The molecule has 3 N–H and O–H groups in total. The SMILES string of the molecule is CC/C=C(/C=N/NC(N)=O)CC. The van der Waals surface area contributed by atoms with Gasteiger partial charge in [-0.05, 0) is 18.4 Å². The van der Waals surface area contributed by atoms with Gasteiger partial charge in [0.1, 0.15) is 0 Å². The highest BCUT2D eigenvalue weighted by molar-refractivity contribution is 5.80. The number of carbonyl (C=O) groups is 1. The predicted molar refractivity (Wildman–Crippen MR) is 49.9 cm³/mol. The van der Waals surface area contributed by atoms with E-state index in [-0.39, 0.29) is 0 Å². The molecule has 0 aromatic rings. The number of urea groups is 1. The lowest BCUT2D eigenvalue weighted by Crippen LogP contribution is -2.24. The number of amides is 2. The molecule has 0 unspecified atom stereocenters. The van der Waals surface area contributed by atoms with Gasteiger partial charge in [0.2, 0.25) is 0 Å². The highest BCUT2D eigenvalue weighted by atomic mass is 16.2. The highest BCUT2D eigenvalue weighted by Gasteiger charge is 1.88. The summed E-state index contributed by atoms with van der Waals surface area (Å²) in [5.41, 5.74) is 8.04. The van der Waals surface area contributed by atoms with Gasteiger partial charge >= 0.3 is 6.03 Å². The van der Waals surface area contributed by atoms with Crippen LogP contribution in [0.4, 0.5) is 4.79 Å². The minimum absolute atomic E-state index is 0.641. The lowest BCUT2D eigenvalue weighted by Gasteiger charge is -1.94. The van der Waals surface area contributed by atoms with Crippen LogP contribution >= 0.6 is 0 Å². The summed E-state index contributed by atoms with van der Waals surface area (Å²) < 4.78 is 0. The molecule has 0 fully saturated rings. The van der Waals surface area contributed by atoms with E-state index in [1.165, 1.54) is 0 Å². The molecule has 0 aliphatic rings. The molecule has 0 spiro atoms. The zero-order chi connectivity index (χ0) is 9.40. The number of hydrogen-bond acceptors (Lipinski definition) is 2. The Kier molecular flexibility index (Phi) is 5.69. The topological polar surface area (TPSA) is 67.5 Å². The number of allylic oxidation sites excluding steroid dienone is 2. The van der Waals surface area contributed by atoms with Crippen LogP contribution in [0.1, 0.15) is 26.7 Å². The van der Waals surface area contributed by atoms with Crippen molar-refractivity contribution in [2.75, 3.05) is 0 Å². The van der Waals surface area contributed by atoms with Gasteiger partial charge in [-0.25, -0.2) is 10.2 Å². The summed E-state index contributed by atoms with van der Waals surface area (Å²) in [6.45, 7) is 4.07. The van der Waals surface area contributed by atoms with Crippen LogP contribution in [0.2, 0.25) is 0 Å². The Balaban J connectivity index is 3.93. The maximum Gasteiger partial charge on any atom is 0.332 e. The summed E-state index contributed by atoms with van der Waals surface area (Å²) in [6.07, 6.45) is 5.52. The van der Waals surface area contributed by atoms with Crippen LogP contribution in [0.5, 0.6) is 0 Å². The van der Waals surface area contributed by atoms with Crippen molar-refractivity contribution in [2.24, 2.45) is 10.8 Å². The van der Waals surface area contributed by atoms with Crippen molar-refractivity contribution in [2.45, 2.75) is 26.7 Å². The third kappa shape index (κ3) is 5.46. The lowest BCUT2D eigenvalue weighted by molar-refractivity contribution is 0.249. The van der Waals surface area contributed by atoms with Crippen molar-refractivity contribution < 1.29 is 4.79 Å². The first-order valence-electron chi connectivity index (χ1n) is 3.98. The first kappa shape index (κ1) is 10.7. The Labute approximate surface area is 72.5 Å². The first-order chi connectivity index (χ1) is 5.70. The molecule has 0 radical (unpaired) electrons. The van der Waals surface area contributed by atoms with Gasteiger partial charge in [0.25, 0.3) is 0 Å². The van der Waals surface area contributed by atoms with Gasteiger partial charge in [-0.2, -0.15) is 5.10 Å². The normalized spacial score (nSPS) is 12.0. The molecular weight excluding hydrogens is 154 g/mol. The quantitative estimate of drug-likeness (QED) is 0.484. The van der Waals surface area contributed by atoms with Crippen LogP contribution in [0.3, 0.4) is 0 Å². The Hall–Kier alpha value is -1.32. The summed E-state index contributed by atoms with van der Waals surface area (Å²) in [4.78, 5) is 10.2. The smallest absolute Gasteiger partial charge is 0.332 e. The van der Waals surface area contributed by atoms with Gasteiger partial charge in [-0.3, -0.25) is 0 Å². The summed E-state index contributed by atoms with van der Waals surface area (Å²) in [5.74, 6) is 0. The Morgan fingerprint density at radius 3 is 2.67 bits per heavy atom. The second-order valence-corrected chi connectivity index (χ2v) is 2.28. The van der Waals surface area contributed by atoms with Gasteiger partial charge in [0.15, 0.2) is 0 Å². The van der Waals surface area contributed by atoms with Gasteiger partial charge in [-0.1, -0.05) is 19.9 Å². The number of carbonyl (C=O) groups excluding carboxylic acids is 1. The fourth-order valence-electron chi connectivity index (χ4n) is 0.729. The van der Waals surface area contributed by atoms with Crippen molar-refractivity contribution in [3.8, 4) is 0 Å².